The minimum absolute atomic E-state index is 1.12. The predicted octanol–water partition coefficient (Wildman–Crippen LogP) is 6.27. The Kier molecular flexibility index (Phi) is 19.9. The molecule has 128 valence electrons. The van der Waals surface area contributed by atoms with Crippen LogP contribution in [0, 0.1) is 0 Å². The lowest BCUT2D eigenvalue weighted by Gasteiger charge is -2.03. The van der Waals surface area contributed by atoms with Crippen LogP contribution in [0.3, 0.4) is 0 Å². The van der Waals surface area contributed by atoms with Gasteiger partial charge in [0.15, 0.2) is 0 Å². The van der Waals surface area contributed by atoms with Crippen LogP contribution < -0.4 is 5.73 Å². The first kappa shape index (κ1) is 21.0. The molecule has 0 unspecified atom stereocenters. The van der Waals surface area contributed by atoms with Crippen molar-refractivity contribution >= 4 is 0 Å². The van der Waals surface area contributed by atoms with Crippen LogP contribution in [-0.2, 0) is 0 Å². The number of quaternary nitrogens is 1. The average molecular weight is 299 g/mol. The summed E-state index contributed by atoms with van der Waals surface area (Å²) in [5, 5.41) is 0. The number of unbranched alkanes of at least 4 members (excludes halogenated alkanes) is 17. The van der Waals surface area contributed by atoms with Gasteiger partial charge in [0, 0.05) is 0 Å². The smallest absolute Gasteiger partial charge is 0.0739 e. The third-order valence-electron chi connectivity index (χ3n) is 4.60. The lowest BCUT2D eigenvalue weighted by Crippen LogP contribution is -2.50. The summed E-state index contributed by atoms with van der Waals surface area (Å²) >= 11 is 0. The van der Waals surface area contributed by atoms with E-state index >= 15 is 0 Å². The van der Waals surface area contributed by atoms with E-state index in [2.05, 4.69) is 12.7 Å². The normalized spacial score (nSPS) is 11.1. The summed E-state index contributed by atoms with van der Waals surface area (Å²) < 4.78 is 0. The van der Waals surface area contributed by atoms with E-state index in [1.54, 1.807) is 0 Å². The highest BCUT2D eigenvalue weighted by atomic mass is 14.5. The molecule has 0 spiro atoms. The summed E-state index contributed by atoms with van der Waals surface area (Å²) in [4.78, 5) is 0. The van der Waals surface area contributed by atoms with Gasteiger partial charge >= 0.3 is 0 Å². The standard InChI is InChI=1S/C20H43N/c1-2-3-4-5-6-7-8-9-10-11-12-13-14-15-16-17-18-19-20-21/h2-21H2,1H3/p+1. The van der Waals surface area contributed by atoms with Crippen molar-refractivity contribution in [3.05, 3.63) is 0 Å². The lowest BCUT2D eigenvalue weighted by atomic mass is 10.0. The quantitative estimate of drug-likeness (QED) is 0.289. The van der Waals surface area contributed by atoms with Crippen molar-refractivity contribution < 1.29 is 5.73 Å². The summed E-state index contributed by atoms with van der Waals surface area (Å²) in [5.74, 6) is 0. The van der Waals surface area contributed by atoms with Gasteiger partial charge in [-0.25, -0.2) is 0 Å². The highest BCUT2D eigenvalue weighted by Gasteiger charge is 1.94. The van der Waals surface area contributed by atoms with Gasteiger partial charge < -0.3 is 5.73 Å². The van der Waals surface area contributed by atoms with Gasteiger partial charge in [-0.1, -0.05) is 110 Å². The zero-order valence-electron chi connectivity index (χ0n) is 15.1. The Morgan fingerprint density at radius 3 is 0.857 bits per heavy atom. The van der Waals surface area contributed by atoms with E-state index in [1.165, 1.54) is 116 Å². The van der Waals surface area contributed by atoms with Crippen molar-refractivity contribution in [3.8, 4) is 0 Å². The highest BCUT2D eigenvalue weighted by Crippen LogP contribution is 2.14. The molecule has 0 rings (SSSR count). The van der Waals surface area contributed by atoms with Crippen LogP contribution in [0.25, 0.3) is 0 Å². The first-order valence-electron chi connectivity index (χ1n) is 10.2. The molecule has 21 heavy (non-hydrogen) atoms. The number of hydrogen-bond acceptors (Lipinski definition) is 0. The Balaban J connectivity index is 2.90. The topological polar surface area (TPSA) is 27.6 Å². The fourth-order valence-corrected chi connectivity index (χ4v) is 3.08. The third kappa shape index (κ3) is 20.0. The molecule has 0 fully saturated rings. The first-order chi connectivity index (χ1) is 10.4. The number of hydrogen-bond donors (Lipinski definition) is 1. The highest BCUT2D eigenvalue weighted by molar-refractivity contribution is 4.50. The molecular weight excluding hydrogens is 254 g/mol. The van der Waals surface area contributed by atoms with Crippen molar-refractivity contribution in [3.63, 3.8) is 0 Å². The molecule has 0 aliphatic rings. The summed E-state index contributed by atoms with van der Waals surface area (Å²) in [6, 6.07) is 0. The van der Waals surface area contributed by atoms with E-state index < -0.39 is 0 Å². The number of rotatable bonds is 18. The minimum Gasteiger partial charge on any atom is -0.358 e. The molecule has 0 aromatic carbocycles. The molecule has 0 atom stereocenters. The SMILES string of the molecule is CCCCCCCCCCCCCCCCCCCC[NH3+]. The van der Waals surface area contributed by atoms with Gasteiger partial charge in [-0.3, -0.25) is 0 Å². The molecule has 0 saturated heterocycles. The van der Waals surface area contributed by atoms with Crippen molar-refractivity contribution in [1.82, 2.24) is 0 Å². The van der Waals surface area contributed by atoms with E-state index in [0.29, 0.717) is 0 Å². The van der Waals surface area contributed by atoms with Crippen LogP contribution in [0.4, 0.5) is 0 Å². The van der Waals surface area contributed by atoms with Crippen LogP contribution in [0.15, 0.2) is 0 Å². The third-order valence-corrected chi connectivity index (χ3v) is 4.60. The molecule has 0 amide bonds. The molecule has 0 aliphatic carbocycles. The second kappa shape index (κ2) is 20.0. The van der Waals surface area contributed by atoms with E-state index in [9.17, 15) is 0 Å². The Bertz CT molecular complexity index is 149. The Labute approximate surface area is 135 Å². The molecule has 0 aromatic heterocycles. The lowest BCUT2D eigenvalue weighted by molar-refractivity contribution is -0.368. The van der Waals surface area contributed by atoms with E-state index in [0.717, 1.165) is 6.54 Å². The van der Waals surface area contributed by atoms with Crippen molar-refractivity contribution in [2.24, 2.45) is 0 Å². The van der Waals surface area contributed by atoms with Crippen molar-refractivity contribution in [2.75, 3.05) is 6.54 Å². The van der Waals surface area contributed by atoms with Gasteiger partial charge in [0.2, 0.25) is 0 Å². The Morgan fingerprint density at radius 1 is 0.381 bits per heavy atom. The van der Waals surface area contributed by atoms with Crippen LogP contribution in [0.2, 0.25) is 0 Å². The van der Waals surface area contributed by atoms with E-state index in [4.69, 9.17) is 0 Å². The van der Waals surface area contributed by atoms with Gasteiger partial charge in [0.1, 0.15) is 0 Å². The van der Waals surface area contributed by atoms with Gasteiger partial charge in [0.05, 0.1) is 6.54 Å². The monoisotopic (exact) mass is 298 g/mol. The summed E-state index contributed by atoms with van der Waals surface area (Å²) in [7, 11) is 0. The van der Waals surface area contributed by atoms with Crippen LogP contribution in [0.5, 0.6) is 0 Å². The summed E-state index contributed by atoms with van der Waals surface area (Å²) in [6.07, 6.45) is 26.2. The zero-order chi connectivity index (χ0) is 15.4. The van der Waals surface area contributed by atoms with Crippen molar-refractivity contribution in [2.45, 2.75) is 122 Å². The molecule has 0 heterocycles. The van der Waals surface area contributed by atoms with Crippen LogP contribution in [-0.4, -0.2) is 6.54 Å². The maximum absolute atomic E-state index is 3.90. The maximum Gasteiger partial charge on any atom is 0.0739 e. The zero-order valence-corrected chi connectivity index (χ0v) is 15.1. The maximum atomic E-state index is 3.90. The predicted molar refractivity (Wildman–Crippen MR) is 96.5 cm³/mol. The Hall–Kier alpha value is -0.0400. The molecule has 1 nitrogen and oxygen atoms in total. The second-order valence-electron chi connectivity index (χ2n) is 6.86. The molecule has 0 aliphatic heterocycles. The summed E-state index contributed by atoms with van der Waals surface area (Å²) in [6.45, 7) is 3.42. The molecular formula is C20H44N+. The molecule has 0 radical (unpaired) electrons. The molecule has 0 saturated carbocycles. The average Bonchev–Trinajstić information content (AvgIpc) is 2.50. The van der Waals surface area contributed by atoms with Gasteiger partial charge in [-0.2, -0.15) is 0 Å². The van der Waals surface area contributed by atoms with Gasteiger partial charge in [-0.05, 0) is 12.8 Å². The van der Waals surface area contributed by atoms with Crippen LogP contribution in [0.1, 0.15) is 122 Å². The van der Waals surface area contributed by atoms with E-state index in [1.807, 2.05) is 0 Å². The summed E-state index contributed by atoms with van der Waals surface area (Å²) in [5.41, 5.74) is 3.90. The molecule has 3 N–H and O–H groups in total. The minimum atomic E-state index is 1.12. The fraction of sp³-hybridized carbons (Fsp3) is 1.00. The molecule has 0 aromatic rings. The van der Waals surface area contributed by atoms with Gasteiger partial charge in [0.25, 0.3) is 0 Å². The fourth-order valence-electron chi connectivity index (χ4n) is 3.08. The van der Waals surface area contributed by atoms with Crippen LogP contribution >= 0.6 is 0 Å². The van der Waals surface area contributed by atoms with E-state index in [-0.39, 0.29) is 0 Å². The largest absolute Gasteiger partial charge is 0.358 e. The van der Waals surface area contributed by atoms with Gasteiger partial charge in [-0.15, -0.1) is 0 Å². The second-order valence-corrected chi connectivity index (χ2v) is 6.86. The van der Waals surface area contributed by atoms with Crippen molar-refractivity contribution in [1.29, 1.82) is 0 Å². The first-order valence-corrected chi connectivity index (χ1v) is 10.2. The molecule has 1 heteroatoms. The molecule has 0 bridgehead atoms. The Morgan fingerprint density at radius 2 is 0.619 bits per heavy atom.